The van der Waals surface area contributed by atoms with Gasteiger partial charge in [0.05, 0.1) is 14.2 Å². The number of halogens is 2. The van der Waals surface area contributed by atoms with E-state index in [1.807, 2.05) is 0 Å². The summed E-state index contributed by atoms with van der Waals surface area (Å²) in [5.41, 5.74) is 0.836. The molecule has 0 aromatic heterocycles. The average Bonchev–Trinajstić information content (AvgIpc) is 2.55. The van der Waals surface area contributed by atoms with Gasteiger partial charge >= 0.3 is 0 Å². The highest BCUT2D eigenvalue weighted by Gasteiger charge is 2.05. The zero-order valence-corrected chi connectivity index (χ0v) is 14.2. The molecule has 2 aromatic rings. The van der Waals surface area contributed by atoms with Crippen LogP contribution >= 0.6 is 15.9 Å². The van der Waals surface area contributed by atoms with E-state index < -0.39 is 5.82 Å². The summed E-state index contributed by atoms with van der Waals surface area (Å²) in [4.78, 5) is 12.0. The van der Waals surface area contributed by atoms with Crippen molar-refractivity contribution in [2.75, 3.05) is 19.5 Å². The van der Waals surface area contributed by atoms with E-state index in [0.717, 1.165) is 4.47 Å². The highest BCUT2D eigenvalue weighted by molar-refractivity contribution is 9.10. The van der Waals surface area contributed by atoms with Crippen molar-refractivity contribution in [1.29, 1.82) is 0 Å². The van der Waals surface area contributed by atoms with Gasteiger partial charge in [-0.2, -0.15) is 0 Å². The zero-order valence-electron chi connectivity index (χ0n) is 12.6. The van der Waals surface area contributed by atoms with Gasteiger partial charge in [0.25, 0.3) is 0 Å². The van der Waals surface area contributed by atoms with Gasteiger partial charge in [0.1, 0.15) is 17.3 Å². The van der Waals surface area contributed by atoms with E-state index in [-0.39, 0.29) is 5.91 Å². The van der Waals surface area contributed by atoms with Crippen LogP contribution in [0.15, 0.2) is 46.9 Å². The average molecular weight is 380 g/mol. The lowest BCUT2D eigenvalue weighted by Gasteiger charge is -2.08. The summed E-state index contributed by atoms with van der Waals surface area (Å²) in [5.74, 6) is 0.323. The molecule has 1 N–H and O–H groups in total. The van der Waals surface area contributed by atoms with Crippen LogP contribution in [-0.2, 0) is 4.79 Å². The van der Waals surface area contributed by atoms with Gasteiger partial charge < -0.3 is 14.8 Å². The molecular weight excluding hydrogens is 365 g/mol. The van der Waals surface area contributed by atoms with Gasteiger partial charge in [-0.25, -0.2) is 4.39 Å². The number of rotatable bonds is 5. The summed E-state index contributed by atoms with van der Waals surface area (Å²) in [6, 6.07) is 9.53. The minimum Gasteiger partial charge on any atom is -0.497 e. The van der Waals surface area contributed by atoms with Crippen LogP contribution in [0.4, 0.5) is 10.1 Å². The molecule has 0 atom stereocenters. The Morgan fingerprint density at radius 3 is 2.39 bits per heavy atom. The van der Waals surface area contributed by atoms with E-state index in [4.69, 9.17) is 9.47 Å². The van der Waals surface area contributed by atoms with Crippen LogP contribution in [0.1, 0.15) is 5.56 Å². The second-order valence-corrected chi connectivity index (χ2v) is 5.51. The summed E-state index contributed by atoms with van der Waals surface area (Å²) in [5, 5.41) is 2.68. The minimum atomic E-state index is -0.403. The van der Waals surface area contributed by atoms with Crippen LogP contribution in [0, 0.1) is 5.82 Å². The Kier molecular flexibility index (Phi) is 5.76. The van der Waals surface area contributed by atoms with E-state index in [9.17, 15) is 9.18 Å². The molecule has 6 heteroatoms. The number of benzene rings is 2. The predicted octanol–water partition coefficient (Wildman–Crippen LogP) is 4.26. The molecule has 0 saturated carbocycles. The lowest BCUT2D eigenvalue weighted by Crippen LogP contribution is -2.08. The number of hydrogen-bond donors (Lipinski definition) is 1. The number of nitrogens with one attached hydrogen (secondary N) is 1. The molecule has 23 heavy (non-hydrogen) atoms. The van der Waals surface area contributed by atoms with Gasteiger partial charge in [-0.1, -0.05) is 15.9 Å². The quantitative estimate of drug-likeness (QED) is 0.789. The maximum atomic E-state index is 13.6. The number of amides is 1. The lowest BCUT2D eigenvalue weighted by atomic mass is 10.2. The normalized spacial score (nSPS) is 10.6. The van der Waals surface area contributed by atoms with Crippen LogP contribution < -0.4 is 14.8 Å². The molecule has 0 spiro atoms. The van der Waals surface area contributed by atoms with Crippen molar-refractivity contribution in [2.24, 2.45) is 0 Å². The molecule has 0 aliphatic heterocycles. The van der Waals surface area contributed by atoms with Crippen molar-refractivity contribution in [3.05, 3.63) is 58.3 Å². The van der Waals surface area contributed by atoms with Gasteiger partial charge in [0.15, 0.2) is 0 Å². The first-order chi connectivity index (χ1) is 11.0. The van der Waals surface area contributed by atoms with Crippen molar-refractivity contribution in [3.63, 3.8) is 0 Å². The standard InChI is InChI=1S/C17H15BrFNO3/c1-22-14-8-13(9-15(10-14)23-2)20-17(21)6-3-11-7-12(18)4-5-16(11)19/h3-10H,1-2H3,(H,20,21). The van der Waals surface area contributed by atoms with Crippen molar-refractivity contribution < 1.29 is 18.7 Å². The first-order valence-corrected chi connectivity index (χ1v) is 7.48. The van der Waals surface area contributed by atoms with Crippen molar-refractivity contribution >= 4 is 33.6 Å². The monoisotopic (exact) mass is 379 g/mol. The van der Waals surface area contributed by atoms with E-state index in [0.29, 0.717) is 22.7 Å². The molecule has 0 heterocycles. The second-order valence-electron chi connectivity index (χ2n) is 4.59. The number of carbonyl (C=O) groups is 1. The first-order valence-electron chi connectivity index (χ1n) is 6.69. The Labute approximate surface area is 142 Å². The zero-order chi connectivity index (χ0) is 16.8. The SMILES string of the molecule is COc1cc(NC(=O)C=Cc2cc(Br)ccc2F)cc(OC)c1. The Bertz CT molecular complexity index is 724. The largest absolute Gasteiger partial charge is 0.497 e. The third kappa shape index (κ3) is 4.82. The summed E-state index contributed by atoms with van der Waals surface area (Å²) in [6.45, 7) is 0. The number of hydrogen-bond acceptors (Lipinski definition) is 3. The number of methoxy groups -OCH3 is 2. The predicted molar refractivity (Wildman–Crippen MR) is 91.3 cm³/mol. The number of carbonyl (C=O) groups excluding carboxylic acids is 1. The van der Waals surface area contributed by atoms with Gasteiger partial charge in [0, 0.05) is 40.0 Å². The van der Waals surface area contributed by atoms with Crippen LogP contribution in [-0.4, -0.2) is 20.1 Å². The molecule has 0 fully saturated rings. The smallest absolute Gasteiger partial charge is 0.248 e. The van der Waals surface area contributed by atoms with E-state index in [1.54, 1.807) is 30.3 Å². The van der Waals surface area contributed by atoms with E-state index in [2.05, 4.69) is 21.2 Å². The molecule has 0 bridgehead atoms. The Hall–Kier alpha value is -2.34. The van der Waals surface area contributed by atoms with Gasteiger partial charge in [-0.05, 0) is 24.3 Å². The summed E-state index contributed by atoms with van der Waals surface area (Å²) in [6.07, 6.45) is 2.67. The van der Waals surface area contributed by atoms with Crippen LogP contribution in [0.5, 0.6) is 11.5 Å². The Morgan fingerprint density at radius 1 is 1.13 bits per heavy atom. The van der Waals surface area contributed by atoms with E-state index in [1.165, 1.54) is 32.4 Å². The second kappa shape index (κ2) is 7.78. The highest BCUT2D eigenvalue weighted by atomic mass is 79.9. The maximum absolute atomic E-state index is 13.6. The van der Waals surface area contributed by atoms with Crippen molar-refractivity contribution in [2.45, 2.75) is 0 Å². The van der Waals surface area contributed by atoms with E-state index >= 15 is 0 Å². The topological polar surface area (TPSA) is 47.6 Å². The van der Waals surface area contributed by atoms with Gasteiger partial charge in [-0.3, -0.25) is 4.79 Å². The summed E-state index contributed by atoms with van der Waals surface area (Å²) in [7, 11) is 3.05. The number of ether oxygens (including phenoxy) is 2. The first kappa shape index (κ1) is 17.0. The molecule has 4 nitrogen and oxygen atoms in total. The third-order valence-corrected chi connectivity index (χ3v) is 3.48. The fourth-order valence-electron chi connectivity index (χ4n) is 1.87. The molecule has 0 aliphatic carbocycles. The lowest BCUT2D eigenvalue weighted by molar-refractivity contribution is -0.111. The highest BCUT2D eigenvalue weighted by Crippen LogP contribution is 2.25. The Morgan fingerprint density at radius 2 is 1.78 bits per heavy atom. The molecule has 2 rings (SSSR count). The fraction of sp³-hybridized carbons (Fsp3) is 0.118. The number of anilines is 1. The third-order valence-electron chi connectivity index (χ3n) is 2.99. The molecule has 120 valence electrons. The molecular formula is C17H15BrFNO3. The van der Waals surface area contributed by atoms with Crippen LogP contribution in [0.25, 0.3) is 6.08 Å². The van der Waals surface area contributed by atoms with Crippen LogP contribution in [0.3, 0.4) is 0 Å². The molecule has 0 aliphatic rings. The van der Waals surface area contributed by atoms with Gasteiger partial charge in [0.2, 0.25) is 5.91 Å². The summed E-state index contributed by atoms with van der Waals surface area (Å²) >= 11 is 3.26. The Balaban J connectivity index is 2.13. The molecule has 0 radical (unpaired) electrons. The molecule has 2 aromatic carbocycles. The molecule has 0 saturated heterocycles. The van der Waals surface area contributed by atoms with Crippen LogP contribution in [0.2, 0.25) is 0 Å². The minimum absolute atomic E-state index is 0.317. The maximum Gasteiger partial charge on any atom is 0.248 e. The molecule has 1 amide bonds. The molecule has 0 unspecified atom stereocenters. The fourth-order valence-corrected chi connectivity index (χ4v) is 2.25. The van der Waals surface area contributed by atoms with Gasteiger partial charge in [-0.15, -0.1) is 0 Å². The van der Waals surface area contributed by atoms with Crippen molar-refractivity contribution in [3.8, 4) is 11.5 Å². The van der Waals surface area contributed by atoms with Crippen molar-refractivity contribution in [1.82, 2.24) is 0 Å². The summed E-state index contributed by atoms with van der Waals surface area (Å²) < 4.78 is 24.6.